The summed E-state index contributed by atoms with van der Waals surface area (Å²) in [6, 6.07) is 6.24. The van der Waals surface area contributed by atoms with Crippen molar-refractivity contribution >= 4 is 11.9 Å². The first-order valence-corrected chi connectivity index (χ1v) is 9.34. The molecular formula is C20H26FNO4. The number of rotatable bonds is 5. The number of carbonyl (C=O) groups is 2. The van der Waals surface area contributed by atoms with Gasteiger partial charge in [0.05, 0.1) is 10.8 Å². The molecule has 3 rings (SSSR count). The molecule has 0 bridgehead atoms. The van der Waals surface area contributed by atoms with E-state index in [-0.39, 0.29) is 18.3 Å². The zero-order chi connectivity index (χ0) is 18.6. The summed E-state index contributed by atoms with van der Waals surface area (Å²) in [5.41, 5.74) is -1.07. The third kappa shape index (κ3) is 3.61. The van der Waals surface area contributed by atoms with Gasteiger partial charge in [0, 0.05) is 19.8 Å². The molecule has 1 aliphatic carbocycles. The number of benzene rings is 1. The summed E-state index contributed by atoms with van der Waals surface area (Å²) in [5, 5.41) is 12.6. The first kappa shape index (κ1) is 18.8. The normalized spacial score (nSPS) is 21.7. The molecule has 0 aromatic heterocycles. The van der Waals surface area contributed by atoms with Gasteiger partial charge in [-0.2, -0.15) is 0 Å². The Hall–Kier alpha value is -1.95. The lowest BCUT2D eigenvalue weighted by atomic mass is 9.68. The monoisotopic (exact) mass is 363 g/mol. The van der Waals surface area contributed by atoms with Gasteiger partial charge >= 0.3 is 5.97 Å². The summed E-state index contributed by atoms with van der Waals surface area (Å²) >= 11 is 0. The zero-order valence-electron chi connectivity index (χ0n) is 14.9. The Kier molecular flexibility index (Phi) is 5.61. The molecule has 26 heavy (non-hydrogen) atoms. The predicted molar refractivity (Wildman–Crippen MR) is 94.3 cm³/mol. The van der Waals surface area contributed by atoms with Crippen molar-refractivity contribution in [2.45, 2.75) is 50.4 Å². The Morgan fingerprint density at radius 2 is 1.81 bits per heavy atom. The van der Waals surface area contributed by atoms with E-state index in [2.05, 4.69) is 5.32 Å². The molecule has 1 aromatic rings. The predicted octanol–water partition coefficient (Wildman–Crippen LogP) is 3.03. The lowest BCUT2D eigenvalue weighted by Gasteiger charge is -2.38. The van der Waals surface area contributed by atoms with E-state index in [1.807, 2.05) is 0 Å². The van der Waals surface area contributed by atoms with Gasteiger partial charge in [0.15, 0.2) is 0 Å². The molecule has 1 saturated heterocycles. The van der Waals surface area contributed by atoms with E-state index in [1.54, 1.807) is 12.1 Å². The van der Waals surface area contributed by atoms with Gasteiger partial charge in [0.1, 0.15) is 5.82 Å². The third-order valence-corrected chi connectivity index (χ3v) is 6.01. The summed E-state index contributed by atoms with van der Waals surface area (Å²) < 4.78 is 19.1. The average molecular weight is 363 g/mol. The molecule has 1 aromatic carbocycles. The zero-order valence-corrected chi connectivity index (χ0v) is 14.9. The molecule has 0 radical (unpaired) electrons. The Morgan fingerprint density at radius 1 is 1.12 bits per heavy atom. The number of hydrogen-bond donors (Lipinski definition) is 2. The lowest BCUT2D eigenvalue weighted by Crippen LogP contribution is -2.52. The highest BCUT2D eigenvalue weighted by atomic mass is 19.1. The highest BCUT2D eigenvalue weighted by Crippen LogP contribution is 2.40. The Labute approximate surface area is 152 Å². The minimum Gasteiger partial charge on any atom is -0.481 e. The molecular weight excluding hydrogens is 337 g/mol. The third-order valence-electron chi connectivity index (χ3n) is 6.01. The van der Waals surface area contributed by atoms with Gasteiger partial charge in [-0.15, -0.1) is 0 Å². The molecule has 0 atom stereocenters. The number of hydrogen-bond acceptors (Lipinski definition) is 3. The molecule has 2 fully saturated rings. The van der Waals surface area contributed by atoms with Gasteiger partial charge in [0.2, 0.25) is 5.91 Å². The van der Waals surface area contributed by atoms with Crippen LogP contribution in [-0.4, -0.2) is 36.7 Å². The molecule has 2 aliphatic rings. The van der Waals surface area contributed by atoms with Gasteiger partial charge in [-0.3, -0.25) is 9.59 Å². The van der Waals surface area contributed by atoms with Gasteiger partial charge < -0.3 is 15.2 Å². The molecule has 1 heterocycles. The van der Waals surface area contributed by atoms with Crippen LogP contribution in [0.25, 0.3) is 0 Å². The number of carbonyl (C=O) groups excluding carboxylic acids is 1. The summed E-state index contributed by atoms with van der Waals surface area (Å²) in [7, 11) is 0. The van der Waals surface area contributed by atoms with Gasteiger partial charge in [-0.25, -0.2) is 4.39 Å². The summed E-state index contributed by atoms with van der Waals surface area (Å²) in [6.07, 6.45) is 4.95. The molecule has 142 valence electrons. The number of carboxylic acids is 1. The first-order chi connectivity index (χ1) is 12.5. The SMILES string of the molecule is O=C(O)C1(CNC(=O)C2(c3cccc(F)c3)CCCCC2)CCOCC1. The number of carboxylic acid groups (broad SMARTS) is 1. The van der Waals surface area contributed by atoms with E-state index < -0.39 is 16.8 Å². The number of ether oxygens (including phenoxy) is 1. The van der Waals surface area contributed by atoms with Crippen LogP contribution >= 0.6 is 0 Å². The van der Waals surface area contributed by atoms with Crippen molar-refractivity contribution in [3.8, 4) is 0 Å². The van der Waals surface area contributed by atoms with Crippen molar-refractivity contribution in [2.75, 3.05) is 19.8 Å². The molecule has 1 saturated carbocycles. The van der Waals surface area contributed by atoms with Crippen molar-refractivity contribution in [1.82, 2.24) is 5.32 Å². The van der Waals surface area contributed by atoms with Gasteiger partial charge in [0.25, 0.3) is 0 Å². The molecule has 1 amide bonds. The quantitative estimate of drug-likeness (QED) is 0.843. The molecule has 0 spiro atoms. The Balaban J connectivity index is 1.81. The standard InChI is InChI=1S/C20H26FNO4/c21-16-6-4-5-15(13-16)20(7-2-1-3-8-20)17(23)22-14-19(18(24)25)9-11-26-12-10-19/h4-6,13H,1-3,7-12,14H2,(H,22,23)(H,24,25). The topological polar surface area (TPSA) is 75.6 Å². The van der Waals surface area contributed by atoms with Crippen LogP contribution in [0.3, 0.4) is 0 Å². The highest BCUT2D eigenvalue weighted by Gasteiger charge is 2.45. The fourth-order valence-electron chi connectivity index (χ4n) is 4.24. The molecule has 5 nitrogen and oxygen atoms in total. The second kappa shape index (κ2) is 7.74. The number of nitrogens with one attached hydrogen (secondary N) is 1. The maximum atomic E-state index is 13.8. The van der Waals surface area contributed by atoms with Crippen molar-refractivity contribution in [2.24, 2.45) is 5.41 Å². The maximum Gasteiger partial charge on any atom is 0.311 e. The van der Waals surface area contributed by atoms with Crippen LogP contribution in [0.2, 0.25) is 0 Å². The van der Waals surface area contributed by atoms with Crippen molar-refractivity contribution in [3.05, 3.63) is 35.6 Å². The minimum atomic E-state index is -0.980. The summed E-state index contributed by atoms with van der Waals surface area (Å²) in [5.74, 6) is -1.44. The first-order valence-electron chi connectivity index (χ1n) is 9.34. The Morgan fingerprint density at radius 3 is 2.42 bits per heavy atom. The van der Waals surface area contributed by atoms with Crippen molar-refractivity contribution in [3.63, 3.8) is 0 Å². The summed E-state index contributed by atoms with van der Waals surface area (Å²) in [6.45, 7) is 0.857. The lowest BCUT2D eigenvalue weighted by molar-refractivity contribution is -0.155. The number of halogens is 1. The van der Waals surface area contributed by atoms with E-state index in [0.29, 0.717) is 44.5 Å². The fourth-order valence-corrected chi connectivity index (χ4v) is 4.24. The van der Waals surface area contributed by atoms with Crippen LogP contribution in [0.5, 0.6) is 0 Å². The van der Waals surface area contributed by atoms with Crippen molar-refractivity contribution in [1.29, 1.82) is 0 Å². The van der Waals surface area contributed by atoms with Gasteiger partial charge in [-0.1, -0.05) is 31.4 Å². The second-order valence-electron chi connectivity index (χ2n) is 7.53. The van der Waals surface area contributed by atoms with Crippen LogP contribution in [0.15, 0.2) is 24.3 Å². The number of aliphatic carboxylic acids is 1. The van der Waals surface area contributed by atoms with Crippen LogP contribution in [0.1, 0.15) is 50.5 Å². The minimum absolute atomic E-state index is 0.0849. The van der Waals surface area contributed by atoms with E-state index in [0.717, 1.165) is 19.3 Å². The van der Waals surface area contributed by atoms with E-state index in [1.165, 1.54) is 12.1 Å². The van der Waals surface area contributed by atoms with Crippen LogP contribution < -0.4 is 5.32 Å². The Bertz CT molecular complexity index is 664. The maximum absolute atomic E-state index is 13.8. The molecule has 0 unspecified atom stereocenters. The van der Waals surface area contributed by atoms with E-state index >= 15 is 0 Å². The molecule has 1 aliphatic heterocycles. The molecule has 6 heteroatoms. The summed E-state index contributed by atoms with van der Waals surface area (Å²) in [4.78, 5) is 25.0. The van der Waals surface area contributed by atoms with E-state index in [4.69, 9.17) is 4.74 Å². The fraction of sp³-hybridized carbons (Fsp3) is 0.600. The largest absolute Gasteiger partial charge is 0.481 e. The molecule has 2 N–H and O–H groups in total. The smallest absolute Gasteiger partial charge is 0.311 e. The van der Waals surface area contributed by atoms with Crippen LogP contribution in [0.4, 0.5) is 4.39 Å². The van der Waals surface area contributed by atoms with Crippen LogP contribution in [-0.2, 0) is 19.7 Å². The van der Waals surface area contributed by atoms with E-state index in [9.17, 15) is 19.1 Å². The van der Waals surface area contributed by atoms with Crippen molar-refractivity contribution < 1.29 is 23.8 Å². The number of amides is 1. The average Bonchev–Trinajstić information content (AvgIpc) is 2.67. The highest BCUT2D eigenvalue weighted by molar-refractivity contribution is 5.89. The van der Waals surface area contributed by atoms with Crippen LogP contribution in [0, 0.1) is 11.2 Å². The van der Waals surface area contributed by atoms with Gasteiger partial charge in [-0.05, 0) is 43.4 Å². The second-order valence-corrected chi connectivity index (χ2v) is 7.53.